The van der Waals surface area contributed by atoms with Crippen molar-refractivity contribution in [2.45, 2.75) is 4.90 Å². The summed E-state index contributed by atoms with van der Waals surface area (Å²) in [7, 11) is -4.50. The highest BCUT2D eigenvalue weighted by atomic mass is 32.2. The molecule has 0 aliphatic rings. The van der Waals surface area contributed by atoms with Crippen LogP contribution in [0.25, 0.3) is 10.8 Å². The normalized spacial score (nSPS) is 11.8. The van der Waals surface area contributed by atoms with Crippen LogP contribution in [-0.4, -0.2) is 23.2 Å². The molecular weight excluding hydrogens is 232 g/mol. The van der Waals surface area contributed by atoms with Gasteiger partial charge in [0.25, 0.3) is 10.1 Å². The molecule has 2 rings (SSSR count). The van der Waals surface area contributed by atoms with Crippen molar-refractivity contribution in [2.24, 2.45) is 0 Å². The molecule has 5 nitrogen and oxygen atoms in total. The summed E-state index contributed by atoms with van der Waals surface area (Å²) >= 11 is 0. The van der Waals surface area contributed by atoms with Crippen LogP contribution in [0.1, 0.15) is 0 Å². The summed E-state index contributed by atoms with van der Waals surface area (Å²) in [4.78, 5) is -0.551. The molecule has 0 aliphatic heterocycles. The third kappa shape index (κ3) is 1.68. The van der Waals surface area contributed by atoms with Crippen molar-refractivity contribution in [1.29, 1.82) is 0 Å². The Balaban J connectivity index is 2.97. The van der Waals surface area contributed by atoms with Crippen LogP contribution in [0, 0.1) is 0 Å². The Morgan fingerprint density at radius 2 is 1.69 bits per heavy atom. The number of hydrogen-bond acceptors (Lipinski definition) is 4. The maximum Gasteiger partial charge on any atom is 0.298 e. The van der Waals surface area contributed by atoms with Gasteiger partial charge in [0.15, 0.2) is 0 Å². The van der Waals surface area contributed by atoms with E-state index >= 15 is 0 Å². The second kappa shape index (κ2) is 3.36. The summed E-state index contributed by atoms with van der Waals surface area (Å²) in [5, 5.41) is 19.2. The molecule has 0 aliphatic carbocycles. The van der Waals surface area contributed by atoms with Crippen LogP contribution >= 0.6 is 0 Å². The first kappa shape index (κ1) is 10.7. The van der Waals surface area contributed by atoms with E-state index < -0.39 is 20.8 Å². The van der Waals surface area contributed by atoms with E-state index in [2.05, 4.69) is 0 Å². The number of benzene rings is 2. The molecule has 0 saturated carbocycles. The highest BCUT2D eigenvalue weighted by Crippen LogP contribution is 2.32. The van der Waals surface area contributed by atoms with Gasteiger partial charge in [-0.1, -0.05) is 6.07 Å². The quantitative estimate of drug-likeness (QED) is 0.656. The molecular formula is C10H8O5S. The highest BCUT2D eigenvalue weighted by molar-refractivity contribution is 7.86. The Bertz CT molecular complexity index is 660. The summed E-state index contributed by atoms with van der Waals surface area (Å²) in [5.74, 6) is -0.555. The molecule has 0 amide bonds. The molecule has 0 bridgehead atoms. The molecule has 0 saturated heterocycles. The molecule has 0 atom stereocenters. The van der Waals surface area contributed by atoms with Gasteiger partial charge in [-0.25, -0.2) is 0 Å². The molecule has 3 N–H and O–H groups in total. The Hall–Kier alpha value is -1.79. The van der Waals surface area contributed by atoms with E-state index in [0.29, 0.717) is 5.39 Å². The minimum atomic E-state index is -4.50. The van der Waals surface area contributed by atoms with E-state index in [1.54, 1.807) is 0 Å². The van der Waals surface area contributed by atoms with Gasteiger partial charge in [0, 0.05) is 5.39 Å². The monoisotopic (exact) mass is 240 g/mol. The predicted octanol–water partition coefficient (Wildman–Crippen LogP) is 1.50. The predicted molar refractivity (Wildman–Crippen MR) is 57.1 cm³/mol. The number of phenols is 2. The minimum absolute atomic E-state index is 0.0283. The van der Waals surface area contributed by atoms with Crippen LogP contribution in [0.4, 0.5) is 0 Å². The summed E-state index contributed by atoms with van der Waals surface area (Å²) in [6, 6.07) is 6.51. The lowest BCUT2D eigenvalue weighted by Gasteiger charge is -2.06. The molecule has 0 radical (unpaired) electrons. The lowest BCUT2D eigenvalue weighted by Crippen LogP contribution is -1.99. The van der Waals surface area contributed by atoms with Crippen molar-refractivity contribution in [3.63, 3.8) is 0 Å². The van der Waals surface area contributed by atoms with Gasteiger partial charge < -0.3 is 10.2 Å². The smallest absolute Gasteiger partial charge is 0.298 e. The van der Waals surface area contributed by atoms with Crippen LogP contribution < -0.4 is 0 Å². The summed E-state index contributed by atoms with van der Waals surface area (Å²) in [6.45, 7) is 0. The first-order valence-corrected chi connectivity index (χ1v) is 5.76. The van der Waals surface area contributed by atoms with Gasteiger partial charge >= 0.3 is 0 Å². The molecule has 16 heavy (non-hydrogen) atoms. The second-order valence-corrected chi connectivity index (χ2v) is 4.65. The van der Waals surface area contributed by atoms with Crippen molar-refractivity contribution in [3.05, 3.63) is 30.3 Å². The average Bonchev–Trinajstić information content (AvgIpc) is 2.16. The van der Waals surface area contributed by atoms with Crippen molar-refractivity contribution in [2.75, 3.05) is 0 Å². The van der Waals surface area contributed by atoms with Crippen LogP contribution in [-0.2, 0) is 10.1 Å². The van der Waals surface area contributed by atoms with Crippen molar-refractivity contribution in [1.82, 2.24) is 0 Å². The molecule has 0 unspecified atom stereocenters. The lowest BCUT2D eigenvalue weighted by molar-refractivity contribution is 0.445. The fourth-order valence-corrected chi connectivity index (χ4v) is 2.34. The first-order valence-electron chi connectivity index (χ1n) is 4.32. The summed E-state index contributed by atoms with van der Waals surface area (Å²) in [5.41, 5.74) is 0. The van der Waals surface area contributed by atoms with Gasteiger partial charge in [-0.2, -0.15) is 8.42 Å². The number of phenolic OH excluding ortho intramolecular Hbond substituents is 2. The van der Waals surface area contributed by atoms with Crippen molar-refractivity contribution < 1.29 is 23.2 Å². The standard InChI is InChI=1S/C10H8O5S/c11-7-2-3-8-6(5-7)1-4-9(12)10(8)16(13,14)15/h1-5,11-12H,(H,13,14,15). The third-order valence-electron chi connectivity index (χ3n) is 2.19. The lowest BCUT2D eigenvalue weighted by atomic mass is 10.1. The van der Waals surface area contributed by atoms with Gasteiger partial charge in [0.2, 0.25) is 0 Å². The van der Waals surface area contributed by atoms with Gasteiger partial charge in [-0.3, -0.25) is 4.55 Å². The maximum absolute atomic E-state index is 11.1. The average molecular weight is 240 g/mol. The summed E-state index contributed by atoms with van der Waals surface area (Å²) in [6.07, 6.45) is 0. The molecule has 0 fully saturated rings. The molecule has 0 aromatic heterocycles. The van der Waals surface area contributed by atoms with Gasteiger partial charge in [-0.05, 0) is 29.7 Å². The molecule has 6 heteroatoms. The number of aromatic hydroxyl groups is 2. The van der Waals surface area contributed by atoms with Crippen molar-refractivity contribution >= 4 is 20.9 Å². The molecule has 84 valence electrons. The van der Waals surface area contributed by atoms with Crippen molar-refractivity contribution in [3.8, 4) is 11.5 Å². The Morgan fingerprint density at radius 3 is 2.31 bits per heavy atom. The second-order valence-electron chi connectivity index (χ2n) is 3.29. The molecule has 2 aromatic rings. The van der Waals surface area contributed by atoms with Gasteiger partial charge in [0.1, 0.15) is 16.4 Å². The van der Waals surface area contributed by atoms with E-state index in [1.807, 2.05) is 0 Å². The largest absolute Gasteiger partial charge is 0.508 e. The first-order chi connectivity index (χ1) is 7.39. The van der Waals surface area contributed by atoms with E-state index in [1.165, 1.54) is 24.3 Å². The fraction of sp³-hybridized carbons (Fsp3) is 0. The Morgan fingerprint density at radius 1 is 1.00 bits per heavy atom. The van der Waals surface area contributed by atoms with Crippen LogP contribution in [0.2, 0.25) is 0 Å². The van der Waals surface area contributed by atoms with Gasteiger partial charge in [-0.15, -0.1) is 0 Å². The zero-order chi connectivity index (χ0) is 11.9. The molecule has 0 spiro atoms. The SMILES string of the molecule is O=S(=O)(O)c1c(O)ccc2cc(O)ccc12. The van der Waals surface area contributed by atoms with E-state index in [-0.39, 0.29) is 11.1 Å². The molecule has 0 heterocycles. The number of fused-ring (bicyclic) bond motifs is 1. The Kier molecular flexibility index (Phi) is 2.25. The van der Waals surface area contributed by atoms with Gasteiger partial charge in [0.05, 0.1) is 0 Å². The maximum atomic E-state index is 11.1. The highest BCUT2D eigenvalue weighted by Gasteiger charge is 2.19. The number of hydrogen-bond donors (Lipinski definition) is 3. The number of rotatable bonds is 1. The summed E-state index contributed by atoms with van der Waals surface area (Å²) < 4.78 is 31.2. The van der Waals surface area contributed by atoms with E-state index in [0.717, 1.165) is 6.07 Å². The molecule has 2 aromatic carbocycles. The minimum Gasteiger partial charge on any atom is -0.508 e. The van der Waals surface area contributed by atoms with E-state index in [9.17, 15) is 18.6 Å². The fourth-order valence-electron chi connectivity index (χ4n) is 1.55. The van der Waals surface area contributed by atoms with Crippen LogP contribution in [0.15, 0.2) is 35.2 Å². The Labute approximate surface area is 91.3 Å². The topological polar surface area (TPSA) is 94.8 Å². The third-order valence-corrected chi connectivity index (χ3v) is 3.14. The van der Waals surface area contributed by atoms with Crippen LogP contribution in [0.3, 0.4) is 0 Å². The van der Waals surface area contributed by atoms with E-state index in [4.69, 9.17) is 4.55 Å². The van der Waals surface area contributed by atoms with Crippen LogP contribution in [0.5, 0.6) is 11.5 Å². The zero-order valence-corrected chi connectivity index (χ0v) is 8.77. The zero-order valence-electron chi connectivity index (χ0n) is 7.95.